The number of sulfonamides is 1. The summed E-state index contributed by atoms with van der Waals surface area (Å²) < 4.78 is 32.7. The number of hydrogen-bond acceptors (Lipinski definition) is 4. The average molecular weight is 382 g/mol. The number of halogens is 1. The van der Waals surface area contributed by atoms with Crippen molar-refractivity contribution >= 4 is 21.6 Å². The molecule has 0 spiro atoms. The maximum atomic E-state index is 12.5. The van der Waals surface area contributed by atoms with Crippen LogP contribution < -0.4 is 9.46 Å². The molecule has 25 heavy (non-hydrogen) atoms. The van der Waals surface area contributed by atoms with Gasteiger partial charge in [0.2, 0.25) is 10.0 Å². The highest BCUT2D eigenvalue weighted by atomic mass is 35.5. The SMILES string of the molecule is COc1ccc2c(c1)CCCC2(O)CNS(=O)(=O)c1cccc(Cl)c1. The lowest BCUT2D eigenvalue weighted by molar-refractivity contribution is 0.0242. The molecule has 2 aromatic carbocycles. The molecule has 0 saturated carbocycles. The molecule has 134 valence electrons. The lowest BCUT2D eigenvalue weighted by Gasteiger charge is -2.34. The van der Waals surface area contributed by atoms with Crippen LogP contribution in [0.5, 0.6) is 5.75 Å². The maximum absolute atomic E-state index is 12.5. The molecule has 2 aromatic rings. The second-order valence-corrected chi connectivity index (χ2v) is 8.39. The van der Waals surface area contributed by atoms with Crippen LogP contribution in [0.1, 0.15) is 24.0 Å². The molecule has 0 heterocycles. The summed E-state index contributed by atoms with van der Waals surface area (Å²) in [7, 11) is -2.16. The van der Waals surface area contributed by atoms with Crippen LogP contribution >= 0.6 is 11.6 Å². The van der Waals surface area contributed by atoms with Crippen molar-refractivity contribution in [1.29, 1.82) is 0 Å². The fourth-order valence-electron chi connectivity index (χ4n) is 3.18. The van der Waals surface area contributed by atoms with Crippen LogP contribution in [0, 0.1) is 0 Å². The third kappa shape index (κ3) is 3.82. The molecule has 3 rings (SSSR count). The molecule has 1 aliphatic carbocycles. The minimum Gasteiger partial charge on any atom is -0.497 e. The first-order valence-electron chi connectivity index (χ1n) is 7.99. The first-order valence-corrected chi connectivity index (χ1v) is 9.85. The standard InChI is InChI=1S/C18H20ClNO4S/c1-24-15-7-8-17-13(10-15)4-3-9-18(17,21)12-20-25(22,23)16-6-2-5-14(19)11-16/h2,5-8,10-11,20-21H,3-4,9,12H2,1H3. The van der Waals surface area contributed by atoms with Crippen molar-refractivity contribution in [2.24, 2.45) is 0 Å². The van der Waals surface area contributed by atoms with Crippen LogP contribution in [0.15, 0.2) is 47.4 Å². The van der Waals surface area contributed by atoms with Crippen LogP contribution in [0.3, 0.4) is 0 Å². The van der Waals surface area contributed by atoms with Crippen molar-refractivity contribution < 1.29 is 18.3 Å². The van der Waals surface area contributed by atoms with E-state index in [1.54, 1.807) is 31.4 Å². The van der Waals surface area contributed by atoms with Crippen molar-refractivity contribution in [2.45, 2.75) is 29.8 Å². The number of methoxy groups -OCH3 is 1. The Morgan fingerprint density at radius 3 is 2.80 bits per heavy atom. The van der Waals surface area contributed by atoms with Crippen molar-refractivity contribution in [2.75, 3.05) is 13.7 Å². The average Bonchev–Trinajstić information content (AvgIpc) is 2.60. The number of aryl methyl sites for hydroxylation is 1. The Balaban J connectivity index is 1.84. The smallest absolute Gasteiger partial charge is 0.240 e. The topological polar surface area (TPSA) is 75.6 Å². The summed E-state index contributed by atoms with van der Waals surface area (Å²) in [6.07, 6.45) is 2.09. The van der Waals surface area contributed by atoms with E-state index in [1.165, 1.54) is 12.1 Å². The second-order valence-electron chi connectivity index (χ2n) is 6.19. The zero-order valence-electron chi connectivity index (χ0n) is 13.8. The van der Waals surface area contributed by atoms with Gasteiger partial charge in [-0.25, -0.2) is 13.1 Å². The van der Waals surface area contributed by atoms with Crippen LogP contribution in [-0.2, 0) is 22.0 Å². The molecule has 0 aromatic heterocycles. The zero-order chi connectivity index (χ0) is 18.1. The summed E-state index contributed by atoms with van der Waals surface area (Å²) in [5.74, 6) is 0.725. The Bertz CT molecular complexity index is 884. The third-order valence-electron chi connectivity index (χ3n) is 4.51. The normalized spacial score (nSPS) is 20.1. The van der Waals surface area contributed by atoms with Gasteiger partial charge in [-0.3, -0.25) is 0 Å². The van der Waals surface area contributed by atoms with E-state index < -0.39 is 15.6 Å². The number of nitrogens with one attached hydrogen (secondary N) is 1. The van der Waals surface area contributed by atoms with Gasteiger partial charge in [0.05, 0.1) is 12.0 Å². The van der Waals surface area contributed by atoms with E-state index in [0.717, 1.165) is 29.7 Å². The largest absolute Gasteiger partial charge is 0.497 e. The molecule has 0 bridgehead atoms. The van der Waals surface area contributed by atoms with E-state index in [1.807, 2.05) is 6.07 Å². The summed E-state index contributed by atoms with van der Waals surface area (Å²) in [6.45, 7) is -0.0961. The predicted octanol–water partition coefficient (Wildman–Crippen LogP) is 2.85. The Hall–Kier alpha value is -1.60. The number of ether oxygens (including phenoxy) is 1. The summed E-state index contributed by atoms with van der Waals surface area (Å²) in [4.78, 5) is 0.0781. The second kappa shape index (κ2) is 6.96. The van der Waals surface area contributed by atoms with E-state index in [0.29, 0.717) is 11.4 Å². The Morgan fingerprint density at radius 1 is 1.28 bits per heavy atom. The molecule has 0 radical (unpaired) electrons. The predicted molar refractivity (Wildman–Crippen MR) is 96.5 cm³/mol. The Morgan fingerprint density at radius 2 is 2.08 bits per heavy atom. The fraction of sp³-hybridized carbons (Fsp3) is 0.333. The first kappa shape index (κ1) is 18.2. The van der Waals surface area contributed by atoms with Gasteiger partial charge < -0.3 is 9.84 Å². The summed E-state index contributed by atoms with van der Waals surface area (Å²) in [5, 5.41) is 11.4. The van der Waals surface area contributed by atoms with Crippen molar-refractivity contribution in [3.05, 3.63) is 58.6 Å². The Labute approximate surface area is 152 Å². The molecule has 2 N–H and O–H groups in total. The van der Waals surface area contributed by atoms with Gasteiger partial charge in [0, 0.05) is 11.6 Å². The van der Waals surface area contributed by atoms with Gasteiger partial charge in [0.15, 0.2) is 0 Å². The molecule has 0 fully saturated rings. The number of fused-ring (bicyclic) bond motifs is 1. The number of hydrogen-bond donors (Lipinski definition) is 2. The van der Waals surface area contributed by atoms with Crippen molar-refractivity contribution in [3.8, 4) is 5.75 Å². The van der Waals surface area contributed by atoms with E-state index in [-0.39, 0.29) is 11.4 Å². The molecule has 5 nitrogen and oxygen atoms in total. The molecule has 7 heteroatoms. The minimum absolute atomic E-state index is 0.0781. The molecule has 1 atom stereocenters. The zero-order valence-corrected chi connectivity index (χ0v) is 15.4. The van der Waals surface area contributed by atoms with Crippen LogP contribution in [0.2, 0.25) is 5.02 Å². The number of rotatable bonds is 5. The lowest BCUT2D eigenvalue weighted by atomic mass is 9.79. The first-order chi connectivity index (χ1) is 11.8. The summed E-state index contributed by atoms with van der Waals surface area (Å²) in [6, 6.07) is 11.5. The molecule has 0 saturated heterocycles. The van der Waals surface area contributed by atoms with Crippen molar-refractivity contribution in [1.82, 2.24) is 4.72 Å². The molecular weight excluding hydrogens is 362 g/mol. The van der Waals surface area contributed by atoms with E-state index >= 15 is 0 Å². The van der Waals surface area contributed by atoms with E-state index in [9.17, 15) is 13.5 Å². The van der Waals surface area contributed by atoms with Gasteiger partial charge in [-0.2, -0.15) is 0 Å². The highest BCUT2D eigenvalue weighted by Crippen LogP contribution is 2.36. The fourth-order valence-corrected chi connectivity index (χ4v) is 4.57. The van der Waals surface area contributed by atoms with Crippen LogP contribution in [0.25, 0.3) is 0 Å². The van der Waals surface area contributed by atoms with Gasteiger partial charge in [-0.1, -0.05) is 23.7 Å². The van der Waals surface area contributed by atoms with Gasteiger partial charge in [-0.05, 0) is 60.7 Å². The molecule has 1 aliphatic rings. The molecule has 0 aliphatic heterocycles. The van der Waals surface area contributed by atoms with Gasteiger partial charge in [-0.15, -0.1) is 0 Å². The Kier molecular flexibility index (Phi) is 5.06. The summed E-state index contributed by atoms with van der Waals surface area (Å²) >= 11 is 5.87. The minimum atomic E-state index is -3.75. The quantitative estimate of drug-likeness (QED) is 0.835. The number of benzene rings is 2. The highest BCUT2D eigenvalue weighted by Gasteiger charge is 2.35. The summed E-state index contributed by atoms with van der Waals surface area (Å²) in [5.41, 5.74) is 0.481. The lowest BCUT2D eigenvalue weighted by Crippen LogP contribution is -2.42. The molecule has 0 amide bonds. The highest BCUT2D eigenvalue weighted by molar-refractivity contribution is 7.89. The molecule has 1 unspecified atom stereocenters. The third-order valence-corrected chi connectivity index (χ3v) is 6.15. The van der Waals surface area contributed by atoms with Crippen LogP contribution in [0.4, 0.5) is 0 Å². The number of aliphatic hydroxyl groups is 1. The monoisotopic (exact) mass is 381 g/mol. The van der Waals surface area contributed by atoms with Gasteiger partial charge in [0.1, 0.15) is 11.4 Å². The van der Waals surface area contributed by atoms with Gasteiger partial charge >= 0.3 is 0 Å². The van der Waals surface area contributed by atoms with Crippen LogP contribution in [-0.4, -0.2) is 27.2 Å². The maximum Gasteiger partial charge on any atom is 0.240 e. The molecular formula is C18H20ClNO4S. The van der Waals surface area contributed by atoms with Gasteiger partial charge in [0.25, 0.3) is 0 Å². The van der Waals surface area contributed by atoms with E-state index in [4.69, 9.17) is 16.3 Å². The van der Waals surface area contributed by atoms with Crippen molar-refractivity contribution in [3.63, 3.8) is 0 Å². The van der Waals surface area contributed by atoms with E-state index in [2.05, 4.69) is 4.72 Å².